The second kappa shape index (κ2) is 7.22. The number of hydrogen-bond donors (Lipinski definition) is 2. The van der Waals surface area contributed by atoms with Crippen molar-refractivity contribution >= 4 is 11.8 Å². The Morgan fingerprint density at radius 1 is 1.25 bits per heavy atom. The Morgan fingerprint density at radius 2 is 1.81 bits per heavy atom. The Morgan fingerprint density at radius 3 is 2.25 bits per heavy atom. The summed E-state index contributed by atoms with van der Waals surface area (Å²) in [5.74, 6) is -0.0892. The van der Waals surface area contributed by atoms with E-state index < -0.39 is 0 Å². The molecule has 0 saturated heterocycles. The zero-order chi connectivity index (χ0) is 12.7. The van der Waals surface area contributed by atoms with E-state index >= 15 is 0 Å². The molecule has 0 heterocycles. The highest BCUT2D eigenvalue weighted by Gasteiger charge is 2.15. The highest BCUT2D eigenvalue weighted by molar-refractivity contribution is 5.83. The minimum atomic E-state index is -0.350. The second-order valence-electron chi connectivity index (χ2n) is 4.17. The highest BCUT2D eigenvalue weighted by atomic mass is 16.2. The van der Waals surface area contributed by atoms with Crippen LogP contribution in [0.25, 0.3) is 0 Å². The van der Waals surface area contributed by atoms with E-state index in [-0.39, 0.29) is 30.4 Å². The molecule has 5 heteroatoms. The number of nitrogens with one attached hydrogen (secondary N) is 2. The Kier molecular flexibility index (Phi) is 6.72. The van der Waals surface area contributed by atoms with Gasteiger partial charge in [-0.15, -0.1) is 0 Å². The molecule has 0 saturated carbocycles. The first kappa shape index (κ1) is 14.9. The van der Waals surface area contributed by atoms with E-state index in [4.69, 9.17) is 0 Å². The first-order chi connectivity index (χ1) is 7.38. The summed E-state index contributed by atoms with van der Waals surface area (Å²) in [6.45, 7) is 8.33. The topological polar surface area (TPSA) is 61.4 Å². The Balaban J connectivity index is 3.93. The minimum absolute atomic E-state index is 0.00769. The number of hydrogen-bond acceptors (Lipinski definition) is 3. The zero-order valence-corrected chi connectivity index (χ0v) is 10.8. The number of carbonyl (C=O) groups is 2. The van der Waals surface area contributed by atoms with Crippen molar-refractivity contribution in [3.05, 3.63) is 0 Å². The molecule has 94 valence electrons. The summed E-state index contributed by atoms with van der Waals surface area (Å²) in [4.78, 5) is 24.6. The first-order valence-corrected chi connectivity index (χ1v) is 5.66. The van der Waals surface area contributed by atoms with Gasteiger partial charge < -0.3 is 10.2 Å². The lowest BCUT2D eigenvalue weighted by atomic mass is 10.3. The lowest BCUT2D eigenvalue weighted by molar-refractivity contribution is -0.129. The van der Waals surface area contributed by atoms with E-state index in [0.717, 1.165) is 0 Å². The van der Waals surface area contributed by atoms with Crippen molar-refractivity contribution in [2.45, 2.75) is 39.8 Å². The molecule has 1 unspecified atom stereocenters. The summed E-state index contributed by atoms with van der Waals surface area (Å²) in [5.41, 5.74) is 0. The number of carbonyl (C=O) groups excluding carboxylic acids is 2. The molecule has 0 fully saturated rings. The molecule has 0 spiro atoms. The van der Waals surface area contributed by atoms with Crippen LogP contribution in [-0.2, 0) is 9.59 Å². The van der Waals surface area contributed by atoms with Crippen molar-refractivity contribution in [3.8, 4) is 0 Å². The van der Waals surface area contributed by atoms with E-state index in [1.165, 1.54) is 0 Å². The monoisotopic (exact) mass is 229 g/mol. The fourth-order valence-corrected chi connectivity index (χ4v) is 1.05. The highest BCUT2D eigenvalue weighted by Crippen LogP contribution is 1.87. The van der Waals surface area contributed by atoms with Crippen molar-refractivity contribution in [2.24, 2.45) is 0 Å². The molecular weight excluding hydrogens is 206 g/mol. The van der Waals surface area contributed by atoms with Gasteiger partial charge in [0.15, 0.2) is 0 Å². The van der Waals surface area contributed by atoms with Crippen LogP contribution in [0.15, 0.2) is 0 Å². The van der Waals surface area contributed by atoms with Crippen molar-refractivity contribution in [3.63, 3.8) is 0 Å². The van der Waals surface area contributed by atoms with Gasteiger partial charge in [-0.1, -0.05) is 0 Å². The summed E-state index contributed by atoms with van der Waals surface area (Å²) in [7, 11) is 1.74. The van der Waals surface area contributed by atoms with Gasteiger partial charge in [-0.3, -0.25) is 14.9 Å². The van der Waals surface area contributed by atoms with Gasteiger partial charge in [0.1, 0.15) is 0 Å². The van der Waals surface area contributed by atoms with Crippen LogP contribution in [0.5, 0.6) is 0 Å². The molecule has 0 bridgehead atoms. The second-order valence-corrected chi connectivity index (χ2v) is 4.17. The number of amides is 2. The van der Waals surface area contributed by atoms with Crippen LogP contribution in [0.1, 0.15) is 27.7 Å². The van der Waals surface area contributed by atoms with Crippen LogP contribution in [0.3, 0.4) is 0 Å². The first-order valence-electron chi connectivity index (χ1n) is 5.66. The fraction of sp³-hybridized carbons (Fsp3) is 0.818. The summed E-state index contributed by atoms with van der Waals surface area (Å²) in [6.07, 6.45) is 0. The normalized spacial score (nSPS) is 12.4. The van der Waals surface area contributed by atoms with Crippen LogP contribution >= 0.6 is 0 Å². The largest absolute Gasteiger partial charge is 0.353 e. The number of rotatable bonds is 6. The Bertz CT molecular complexity index is 241. The maximum Gasteiger partial charge on any atom is 0.237 e. The van der Waals surface area contributed by atoms with Gasteiger partial charge >= 0.3 is 0 Å². The minimum Gasteiger partial charge on any atom is -0.353 e. The third kappa shape index (κ3) is 5.70. The maximum atomic E-state index is 11.5. The molecular formula is C11H23N3O2. The third-order valence-corrected chi connectivity index (χ3v) is 2.28. The van der Waals surface area contributed by atoms with Crippen molar-refractivity contribution < 1.29 is 9.59 Å². The average molecular weight is 229 g/mol. The molecule has 0 aliphatic carbocycles. The van der Waals surface area contributed by atoms with Crippen LogP contribution < -0.4 is 10.6 Å². The molecule has 0 aromatic carbocycles. The fourth-order valence-electron chi connectivity index (χ4n) is 1.05. The summed E-state index contributed by atoms with van der Waals surface area (Å²) >= 11 is 0. The molecule has 0 aromatic rings. The van der Waals surface area contributed by atoms with Crippen LogP contribution in [-0.4, -0.2) is 48.9 Å². The molecule has 0 aliphatic heterocycles. The molecule has 2 N–H and O–H groups in total. The lowest BCUT2D eigenvalue weighted by Crippen LogP contribution is -2.47. The predicted octanol–water partition coefficient (Wildman–Crippen LogP) is -0.0326. The quantitative estimate of drug-likeness (QED) is 0.672. The molecule has 16 heavy (non-hydrogen) atoms. The zero-order valence-electron chi connectivity index (χ0n) is 10.8. The van der Waals surface area contributed by atoms with Crippen molar-refractivity contribution in [2.75, 3.05) is 20.1 Å². The summed E-state index contributed by atoms with van der Waals surface area (Å²) in [6, 6.07) is -0.234. The van der Waals surface area contributed by atoms with Crippen molar-refractivity contribution in [1.82, 2.24) is 15.5 Å². The molecule has 0 radical (unpaired) electrons. The van der Waals surface area contributed by atoms with Gasteiger partial charge in [0.2, 0.25) is 11.8 Å². The van der Waals surface area contributed by atoms with E-state index in [1.807, 2.05) is 20.8 Å². The predicted molar refractivity (Wildman–Crippen MR) is 64.1 cm³/mol. The van der Waals surface area contributed by atoms with Gasteiger partial charge in [0.25, 0.3) is 0 Å². The van der Waals surface area contributed by atoms with Gasteiger partial charge in [-0.25, -0.2) is 0 Å². The Hall–Kier alpha value is -1.10. The van der Waals surface area contributed by atoms with Crippen LogP contribution in [0.2, 0.25) is 0 Å². The Labute approximate surface area is 97.6 Å². The number of likely N-dealkylation sites (N-methyl/N-ethyl adjacent to an activating group) is 1. The van der Waals surface area contributed by atoms with Gasteiger partial charge in [-0.2, -0.15) is 0 Å². The van der Waals surface area contributed by atoms with E-state index in [2.05, 4.69) is 10.6 Å². The molecule has 2 amide bonds. The molecule has 0 aromatic heterocycles. The summed E-state index contributed by atoms with van der Waals surface area (Å²) < 4.78 is 0. The lowest BCUT2D eigenvalue weighted by Gasteiger charge is -2.18. The summed E-state index contributed by atoms with van der Waals surface area (Å²) in [5, 5.41) is 5.68. The van der Waals surface area contributed by atoms with E-state index in [9.17, 15) is 9.59 Å². The average Bonchev–Trinajstić information content (AvgIpc) is 2.23. The maximum absolute atomic E-state index is 11.5. The van der Waals surface area contributed by atoms with Gasteiger partial charge in [0, 0.05) is 19.6 Å². The van der Waals surface area contributed by atoms with Crippen molar-refractivity contribution in [1.29, 1.82) is 0 Å². The smallest absolute Gasteiger partial charge is 0.237 e. The number of nitrogens with zero attached hydrogens (tertiary/aromatic N) is 1. The molecule has 1 atom stereocenters. The SMILES string of the molecule is CCN(C)C(=O)CNC(C)C(=O)NC(C)C. The third-order valence-electron chi connectivity index (χ3n) is 2.28. The van der Waals surface area contributed by atoms with Crippen LogP contribution in [0, 0.1) is 0 Å². The van der Waals surface area contributed by atoms with E-state index in [1.54, 1.807) is 18.9 Å². The molecule has 5 nitrogen and oxygen atoms in total. The molecule has 0 rings (SSSR count). The van der Waals surface area contributed by atoms with Gasteiger partial charge in [-0.05, 0) is 27.7 Å². The van der Waals surface area contributed by atoms with E-state index in [0.29, 0.717) is 6.54 Å². The molecule has 0 aliphatic rings. The van der Waals surface area contributed by atoms with Crippen LogP contribution in [0.4, 0.5) is 0 Å². The standard InChI is InChI=1S/C11H23N3O2/c1-6-14(5)10(15)7-12-9(4)11(16)13-8(2)3/h8-9,12H,6-7H2,1-5H3,(H,13,16). The van der Waals surface area contributed by atoms with Gasteiger partial charge in [0.05, 0.1) is 12.6 Å².